The summed E-state index contributed by atoms with van der Waals surface area (Å²) in [6.45, 7) is 0. The van der Waals surface area contributed by atoms with Gasteiger partial charge >= 0.3 is 5.97 Å². The van der Waals surface area contributed by atoms with Crippen molar-refractivity contribution in [3.05, 3.63) is 77.8 Å². The first kappa shape index (κ1) is 19.2. The average molecular weight is 432 g/mol. The van der Waals surface area contributed by atoms with E-state index in [2.05, 4.69) is 20.3 Å². The summed E-state index contributed by atoms with van der Waals surface area (Å²) in [5, 5.41) is 16.6. The molecule has 0 aliphatic carbocycles. The topological polar surface area (TPSA) is 90.9 Å². The smallest absolute Gasteiger partial charge is 0.326 e. The lowest BCUT2D eigenvalue weighted by Gasteiger charge is -2.16. The fourth-order valence-electron chi connectivity index (χ4n) is 3.71. The van der Waals surface area contributed by atoms with E-state index in [0.717, 1.165) is 37.8 Å². The lowest BCUT2D eigenvalue weighted by molar-refractivity contribution is -0.137. The summed E-state index contributed by atoms with van der Waals surface area (Å²) in [5.74, 6) is -0.851. The van der Waals surface area contributed by atoms with Gasteiger partial charge in [0, 0.05) is 34.5 Å². The van der Waals surface area contributed by atoms with Crippen LogP contribution in [0.15, 0.2) is 66.4 Å². The predicted octanol–water partition coefficient (Wildman–Crippen LogP) is 5.09. The van der Waals surface area contributed by atoms with Crippen LogP contribution < -0.4 is 5.32 Å². The maximum Gasteiger partial charge on any atom is 0.326 e. The van der Waals surface area contributed by atoms with Gasteiger partial charge in [0.05, 0.1) is 5.39 Å². The molecule has 0 fully saturated rings. The van der Waals surface area contributed by atoms with Crippen LogP contribution >= 0.6 is 11.3 Å². The van der Waals surface area contributed by atoms with Crippen molar-refractivity contribution in [2.24, 2.45) is 0 Å². The Morgan fingerprint density at radius 3 is 2.77 bits per heavy atom. The zero-order valence-electron chi connectivity index (χ0n) is 16.2. The van der Waals surface area contributed by atoms with Gasteiger partial charge in [0.1, 0.15) is 28.8 Å². The minimum Gasteiger partial charge on any atom is -0.480 e. The molecule has 0 amide bonds. The van der Waals surface area contributed by atoms with E-state index in [4.69, 9.17) is 0 Å². The quantitative estimate of drug-likeness (QED) is 0.348. The molecule has 3 N–H and O–H groups in total. The van der Waals surface area contributed by atoms with Crippen molar-refractivity contribution in [2.45, 2.75) is 12.5 Å². The highest BCUT2D eigenvalue weighted by Gasteiger charge is 2.22. The third-order valence-electron chi connectivity index (χ3n) is 5.23. The number of aliphatic carboxylic acids is 1. The first-order valence-corrected chi connectivity index (χ1v) is 10.5. The van der Waals surface area contributed by atoms with Crippen LogP contribution in [0.1, 0.15) is 5.56 Å². The number of halogens is 1. The number of thiophene rings is 1. The van der Waals surface area contributed by atoms with Crippen LogP contribution in [0.3, 0.4) is 0 Å². The molecule has 0 saturated heterocycles. The van der Waals surface area contributed by atoms with Crippen LogP contribution in [0.25, 0.3) is 32.2 Å². The molecular formula is C23H17FN4O2S. The number of aromatic amines is 1. The van der Waals surface area contributed by atoms with E-state index >= 15 is 0 Å². The Balaban J connectivity index is 1.52. The van der Waals surface area contributed by atoms with Gasteiger partial charge in [-0.05, 0) is 29.3 Å². The van der Waals surface area contributed by atoms with Crippen LogP contribution in [0.2, 0.25) is 0 Å². The highest BCUT2D eigenvalue weighted by Crippen LogP contribution is 2.37. The molecule has 3 aromatic heterocycles. The summed E-state index contributed by atoms with van der Waals surface area (Å²) in [6, 6.07) is 13.1. The standard InChI is InChI=1S/C23H17FN4O2S/c24-15-7-5-13(6-8-15)17-11-31-22-20(17)21(26-12-27-22)28-19(23(29)30)9-14-10-25-18-4-2-1-3-16(14)18/h1-8,10-12,19,25H,9H2,(H,29,30)(H,26,27,28). The first-order valence-electron chi connectivity index (χ1n) is 9.62. The summed E-state index contributed by atoms with van der Waals surface area (Å²) in [7, 11) is 0. The summed E-state index contributed by atoms with van der Waals surface area (Å²) in [4.78, 5) is 24.6. The van der Waals surface area contributed by atoms with E-state index in [0.29, 0.717) is 5.82 Å². The van der Waals surface area contributed by atoms with Gasteiger partial charge in [-0.15, -0.1) is 11.3 Å². The van der Waals surface area contributed by atoms with Crippen LogP contribution in [0.4, 0.5) is 10.2 Å². The fraction of sp³-hybridized carbons (Fsp3) is 0.0870. The molecule has 3 heterocycles. The molecule has 0 radical (unpaired) electrons. The summed E-state index contributed by atoms with van der Waals surface area (Å²) < 4.78 is 13.4. The molecule has 0 aliphatic rings. The number of carbonyl (C=O) groups is 1. The van der Waals surface area contributed by atoms with E-state index in [1.807, 2.05) is 35.8 Å². The number of para-hydroxylation sites is 1. The maximum atomic E-state index is 13.4. The maximum absolute atomic E-state index is 13.4. The second kappa shape index (κ2) is 7.81. The zero-order chi connectivity index (χ0) is 21.4. The molecule has 6 nitrogen and oxygen atoms in total. The first-order chi connectivity index (χ1) is 15.1. The van der Waals surface area contributed by atoms with Gasteiger partial charge in [0.2, 0.25) is 0 Å². The number of anilines is 1. The summed E-state index contributed by atoms with van der Waals surface area (Å²) in [6.07, 6.45) is 3.54. The third kappa shape index (κ3) is 3.62. The van der Waals surface area contributed by atoms with Gasteiger partial charge in [0.15, 0.2) is 0 Å². The number of fused-ring (bicyclic) bond motifs is 2. The normalized spacial score (nSPS) is 12.3. The minimum atomic E-state index is -0.976. The summed E-state index contributed by atoms with van der Waals surface area (Å²) >= 11 is 1.43. The van der Waals surface area contributed by atoms with Crippen LogP contribution in [0, 0.1) is 5.82 Å². The van der Waals surface area contributed by atoms with Crippen molar-refractivity contribution in [1.29, 1.82) is 0 Å². The number of hydrogen-bond donors (Lipinski definition) is 3. The fourth-order valence-corrected chi connectivity index (χ4v) is 4.63. The molecule has 154 valence electrons. The average Bonchev–Trinajstić information content (AvgIpc) is 3.39. The number of nitrogens with one attached hydrogen (secondary N) is 2. The van der Waals surface area contributed by atoms with Gasteiger partial charge in [-0.1, -0.05) is 30.3 Å². The molecule has 0 saturated carbocycles. The Morgan fingerprint density at radius 1 is 1.16 bits per heavy atom. The Morgan fingerprint density at radius 2 is 1.97 bits per heavy atom. The Hall–Kier alpha value is -3.78. The van der Waals surface area contributed by atoms with E-state index in [-0.39, 0.29) is 12.2 Å². The van der Waals surface area contributed by atoms with Crippen LogP contribution in [-0.4, -0.2) is 32.1 Å². The molecule has 0 aliphatic heterocycles. The largest absolute Gasteiger partial charge is 0.480 e. The van der Waals surface area contributed by atoms with E-state index < -0.39 is 12.0 Å². The number of H-pyrrole nitrogens is 1. The number of nitrogens with zero attached hydrogens (tertiary/aromatic N) is 2. The molecule has 0 spiro atoms. The molecule has 2 aromatic carbocycles. The predicted molar refractivity (Wildman–Crippen MR) is 120 cm³/mol. The molecule has 8 heteroatoms. The lowest BCUT2D eigenvalue weighted by atomic mass is 10.0. The van der Waals surface area contributed by atoms with Gasteiger partial charge in [0.25, 0.3) is 0 Å². The van der Waals surface area contributed by atoms with Gasteiger partial charge in [-0.25, -0.2) is 19.2 Å². The Bertz CT molecular complexity index is 1390. The molecule has 1 atom stereocenters. The Kier molecular flexibility index (Phi) is 4.83. The lowest BCUT2D eigenvalue weighted by Crippen LogP contribution is -2.32. The number of carboxylic acid groups (broad SMARTS) is 1. The Labute approximate surface area is 180 Å². The number of hydrogen-bond acceptors (Lipinski definition) is 5. The minimum absolute atomic E-state index is 0.279. The van der Waals surface area contributed by atoms with Crippen molar-refractivity contribution < 1.29 is 14.3 Å². The van der Waals surface area contributed by atoms with Crippen molar-refractivity contribution in [3.63, 3.8) is 0 Å². The van der Waals surface area contributed by atoms with Crippen molar-refractivity contribution in [1.82, 2.24) is 15.0 Å². The van der Waals surface area contributed by atoms with Crippen molar-refractivity contribution in [3.8, 4) is 11.1 Å². The van der Waals surface area contributed by atoms with Gasteiger partial charge in [-0.2, -0.15) is 0 Å². The molecule has 5 rings (SSSR count). The number of benzene rings is 2. The monoisotopic (exact) mass is 432 g/mol. The second-order valence-electron chi connectivity index (χ2n) is 7.16. The second-order valence-corrected chi connectivity index (χ2v) is 8.02. The van der Waals surface area contributed by atoms with Crippen LogP contribution in [-0.2, 0) is 11.2 Å². The molecule has 31 heavy (non-hydrogen) atoms. The highest BCUT2D eigenvalue weighted by molar-refractivity contribution is 7.17. The van der Waals surface area contributed by atoms with Gasteiger partial charge in [-0.3, -0.25) is 0 Å². The summed E-state index contributed by atoms with van der Waals surface area (Å²) in [5.41, 5.74) is 3.51. The van der Waals surface area contributed by atoms with Gasteiger partial charge < -0.3 is 15.4 Å². The number of aromatic nitrogens is 3. The SMILES string of the molecule is O=C(O)C(Cc1c[nH]c2ccccc12)Nc1ncnc2scc(-c3ccc(F)cc3)c12. The van der Waals surface area contributed by atoms with Crippen molar-refractivity contribution >= 4 is 44.2 Å². The van der Waals surface area contributed by atoms with E-state index in [9.17, 15) is 14.3 Å². The molecule has 1 unspecified atom stereocenters. The molecular weight excluding hydrogens is 415 g/mol. The third-order valence-corrected chi connectivity index (χ3v) is 6.12. The van der Waals surface area contributed by atoms with E-state index in [1.54, 1.807) is 12.1 Å². The van der Waals surface area contributed by atoms with Crippen molar-refractivity contribution in [2.75, 3.05) is 5.32 Å². The molecule has 0 bridgehead atoms. The highest BCUT2D eigenvalue weighted by atomic mass is 32.1. The molecule has 5 aromatic rings. The number of carboxylic acids is 1. The zero-order valence-corrected chi connectivity index (χ0v) is 17.0. The van der Waals surface area contributed by atoms with Crippen LogP contribution in [0.5, 0.6) is 0 Å². The number of rotatable bonds is 6. The van der Waals surface area contributed by atoms with E-state index in [1.165, 1.54) is 29.8 Å².